The number of hydrogen-bond acceptors (Lipinski definition) is 7. The van der Waals surface area contributed by atoms with Gasteiger partial charge in [0.15, 0.2) is 4.80 Å². The first-order chi connectivity index (χ1) is 16.2. The van der Waals surface area contributed by atoms with E-state index in [1.807, 2.05) is 12.1 Å². The maximum atomic E-state index is 13.7. The van der Waals surface area contributed by atoms with Crippen molar-refractivity contribution < 1.29 is 19.4 Å². The highest BCUT2D eigenvalue weighted by Gasteiger charge is 2.35. The van der Waals surface area contributed by atoms with Gasteiger partial charge in [0.05, 0.1) is 29.0 Å². The molecule has 0 unspecified atom stereocenters. The van der Waals surface area contributed by atoms with E-state index in [0.717, 1.165) is 10.0 Å². The van der Waals surface area contributed by atoms with Crippen molar-refractivity contribution in [3.63, 3.8) is 0 Å². The maximum absolute atomic E-state index is 13.7. The first kappa shape index (κ1) is 24.0. The summed E-state index contributed by atoms with van der Waals surface area (Å²) in [7, 11) is 1.55. The summed E-state index contributed by atoms with van der Waals surface area (Å²) in [4.78, 5) is 31.9. The lowest BCUT2D eigenvalue weighted by Gasteiger charge is -2.26. The van der Waals surface area contributed by atoms with Crippen LogP contribution in [0.4, 0.5) is 0 Å². The lowest BCUT2D eigenvalue weighted by atomic mass is 9.95. The summed E-state index contributed by atoms with van der Waals surface area (Å²) in [6, 6.07) is 11.2. The van der Waals surface area contributed by atoms with E-state index >= 15 is 0 Å². The van der Waals surface area contributed by atoms with Gasteiger partial charge in [0.1, 0.15) is 17.5 Å². The number of aromatic hydroxyl groups is 1. The minimum atomic E-state index is -0.781. The summed E-state index contributed by atoms with van der Waals surface area (Å²) in [5, 5.41) is 9.56. The lowest BCUT2D eigenvalue weighted by Crippen LogP contribution is -2.40. The van der Waals surface area contributed by atoms with Crippen molar-refractivity contribution in [2.24, 2.45) is 4.99 Å². The number of hydrogen-bond donors (Lipinski definition) is 1. The molecule has 4 rings (SSSR count). The van der Waals surface area contributed by atoms with Gasteiger partial charge in [-0.3, -0.25) is 9.36 Å². The first-order valence-corrected chi connectivity index (χ1v) is 12.2. The smallest absolute Gasteiger partial charge is 0.338 e. The van der Waals surface area contributed by atoms with Gasteiger partial charge >= 0.3 is 5.97 Å². The molecule has 0 spiro atoms. The number of rotatable bonds is 5. The van der Waals surface area contributed by atoms with Crippen LogP contribution >= 0.6 is 27.3 Å². The number of allylic oxidation sites excluding steroid dienone is 1. The largest absolute Gasteiger partial charge is 0.508 e. The van der Waals surface area contributed by atoms with Gasteiger partial charge in [-0.1, -0.05) is 39.4 Å². The van der Waals surface area contributed by atoms with Crippen LogP contribution in [0.2, 0.25) is 0 Å². The number of esters is 1. The zero-order chi connectivity index (χ0) is 24.6. The molecule has 1 N–H and O–H groups in total. The van der Waals surface area contributed by atoms with E-state index < -0.39 is 12.0 Å². The average molecular weight is 543 g/mol. The molecule has 0 amide bonds. The second kappa shape index (κ2) is 9.60. The van der Waals surface area contributed by atoms with Crippen molar-refractivity contribution in [3.05, 3.63) is 89.0 Å². The summed E-state index contributed by atoms with van der Waals surface area (Å²) in [5.74, 6) is 0.145. The molecule has 2 aromatic carbocycles. The zero-order valence-electron chi connectivity index (χ0n) is 19.0. The quantitative estimate of drug-likeness (QED) is 0.497. The molecule has 3 aromatic rings. The number of nitrogens with zero attached hydrogens (tertiary/aromatic N) is 2. The Morgan fingerprint density at radius 1 is 1.24 bits per heavy atom. The minimum absolute atomic E-state index is 0.143. The molecule has 2 heterocycles. The van der Waals surface area contributed by atoms with Gasteiger partial charge in [0.2, 0.25) is 0 Å². The number of benzene rings is 2. The number of thiazole rings is 1. The Balaban J connectivity index is 2.00. The van der Waals surface area contributed by atoms with Crippen molar-refractivity contribution in [2.75, 3.05) is 7.11 Å². The molecule has 1 atom stereocenters. The van der Waals surface area contributed by atoms with Crippen LogP contribution in [-0.2, 0) is 9.53 Å². The molecule has 176 valence electrons. The molecule has 9 heteroatoms. The van der Waals surface area contributed by atoms with Gasteiger partial charge in [-0.05, 0) is 62.7 Å². The van der Waals surface area contributed by atoms with Crippen LogP contribution < -0.4 is 19.6 Å². The average Bonchev–Trinajstić information content (AvgIpc) is 3.08. The molecule has 1 aliphatic rings. The highest BCUT2D eigenvalue weighted by atomic mass is 79.9. The highest BCUT2D eigenvalue weighted by Crippen LogP contribution is 2.37. The summed E-state index contributed by atoms with van der Waals surface area (Å²) in [6.45, 7) is 5.29. The number of phenols is 1. The predicted molar refractivity (Wildman–Crippen MR) is 134 cm³/mol. The molecule has 1 aromatic heterocycles. The van der Waals surface area contributed by atoms with Crippen LogP contribution in [0.15, 0.2) is 68.0 Å². The molecule has 0 aliphatic carbocycles. The molecular formula is C25H23BrN2O5S. The van der Waals surface area contributed by atoms with E-state index in [1.165, 1.54) is 15.9 Å². The predicted octanol–water partition coefficient (Wildman–Crippen LogP) is 3.66. The van der Waals surface area contributed by atoms with Gasteiger partial charge < -0.3 is 14.6 Å². The molecule has 34 heavy (non-hydrogen) atoms. The van der Waals surface area contributed by atoms with E-state index in [0.29, 0.717) is 26.3 Å². The van der Waals surface area contributed by atoms with E-state index in [4.69, 9.17) is 9.47 Å². The first-order valence-electron chi connectivity index (χ1n) is 10.6. The minimum Gasteiger partial charge on any atom is -0.508 e. The van der Waals surface area contributed by atoms with Crippen LogP contribution in [0, 0.1) is 0 Å². The van der Waals surface area contributed by atoms with Gasteiger partial charge in [0, 0.05) is 10.0 Å². The summed E-state index contributed by atoms with van der Waals surface area (Å²) >= 11 is 4.73. The van der Waals surface area contributed by atoms with E-state index in [1.54, 1.807) is 64.3 Å². The molecule has 0 saturated heterocycles. The Kier molecular flexibility index (Phi) is 6.77. The van der Waals surface area contributed by atoms with Gasteiger partial charge in [-0.2, -0.15) is 0 Å². The zero-order valence-corrected chi connectivity index (χ0v) is 21.4. The van der Waals surface area contributed by atoms with Crippen LogP contribution in [0.5, 0.6) is 11.5 Å². The number of ether oxygens (including phenoxy) is 2. The van der Waals surface area contributed by atoms with Gasteiger partial charge in [-0.15, -0.1) is 0 Å². The van der Waals surface area contributed by atoms with E-state index in [9.17, 15) is 14.7 Å². The monoisotopic (exact) mass is 542 g/mol. The van der Waals surface area contributed by atoms with E-state index in [2.05, 4.69) is 20.9 Å². The van der Waals surface area contributed by atoms with Crippen LogP contribution in [0.1, 0.15) is 37.9 Å². The number of halogens is 1. The number of fused-ring (bicyclic) bond motifs is 1. The molecule has 0 radical (unpaired) electrons. The number of phenolic OH excluding ortho intramolecular Hbond substituents is 1. The number of aromatic nitrogens is 1. The molecule has 0 fully saturated rings. The molecular weight excluding hydrogens is 520 g/mol. The third-order valence-corrected chi connectivity index (χ3v) is 6.74. The van der Waals surface area contributed by atoms with Gasteiger partial charge in [0.25, 0.3) is 5.56 Å². The van der Waals surface area contributed by atoms with Crippen molar-refractivity contribution in [1.82, 2.24) is 4.57 Å². The number of carbonyl (C=O) groups excluding carboxylic acids is 1. The normalized spacial score (nSPS) is 15.8. The van der Waals surface area contributed by atoms with E-state index in [-0.39, 0.29) is 23.0 Å². The molecule has 0 saturated carbocycles. The summed E-state index contributed by atoms with van der Waals surface area (Å²) in [6.07, 6.45) is 1.40. The Hall–Kier alpha value is -3.17. The third-order valence-electron chi connectivity index (χ3n) is 5.26. The molecule has 1 aliphatic heterocycles. The summed E-state index contributed by atoms with van der Waals surface area (Å²) in [5.41, 5.74) is 1.88. The maximum Gasteiger partial charge on any atom is 0.338 e. The van der Waals surface area contributed by atoms with Crippen LogP contribution in [0.25, 0.3) is 6.08 Å². The summed E-state index contributed by atoms with van der Waals surface area (Å²) < 4.78 is 13.9. The van der Waals surface area contributed by atoms with Crippen LogP contribution in [0.3, 0.4) is 0 Å². The van der Waals surface area contributed by atoms with Crippen molar-refractivity contribution in [2.45, 2.75) is 32.9 Å². The Labute approximate surface area is 208 Å². The van der Waals surface area contributed by atoms with Crippen molar-refractivity contribution in [3.8, 4) is 11.5 Å². The van der Waals surface area contributed by atoms with Crippen LogP contribution in [-0.4, -0.2) is 28.9 Å². The van der Waals surface area contributed by atoms with Crippen molar-refractivity contribution >= 4 is 39.3 Å². The number of carbonyl (C=O) groups is 1. The SMILES string of the molecule is COc1ccc(Br)cc1[C@H]1C(C(=O)OC(C)C)=C(C)N=c2s/c(=C\c3ccc(O)cc3)c(=O)n21. The molecule has 0 bridgehead atoms. The Morgan fingerprint density at radius 2 is 1.94 bits per heavy atom. The Morgan fingerprint density at radius 3 is 2.59 bits per heavy atom. The van der Waals surface area contributed by atoms with Crippen molar-refractivity contribution in [1.29, 1.82) is 0 Å². The standard InChI is InChI=1S/C25H23BrN2O5S/c1-13(2)33-24(31)21-14(3)27-25-28(22(21)18-12-16(26)7-10-19(18)32-4)23(30)20(34-25)11-15-5-8-17(29)9-6-15/h5-13,22,29H,1-4H3/b20-11-/t22-/m0/s1. The fourth-order valence-corrected chi connectivity index (χ4v) is 5.22. The molecule has 7 nitrogen and oxygen atoms in total. The fourth-order valence-electron chi connectivity index (χ4n) is 3.80. The second-order valence-electron chi connectivity index (χ2n) is 8.01. The fraction of sp³-hybridized carbons (Fsp3) is 0.240. The highest BCUT2D eigenvalue weighted by molar-refractivity contribution is 9.10. The second-order valence-corrected chi connectivity index (χ2v) is 9.94. The lowest BCUT2D eigenvalue weighted by molar-refractivity contribution is -0.143. The third kappa shape index (κ3) is 4.58. The Bertz CT molecular complexity index is 1470. The van der Waals surface area contributed by atoms with Gasteiger partial charge in [-0.25, -0.2) is 9.79 Å². The topological polar surface area (TPSA) is 90.1 Å². The number of methoxy groups -OCH3 is 1.